The van der Waals surface area contributed by atoms with E-state index in [-0.39, 0.29) is 24.2 Å². The summed E-state index contributed by atoms with van der Waals surface area (Å²) in [6, 6.07) is -0.450. The van der Waals surface area contributed by atoms with Crippen LogP contribution < -0.4 is 11.1 Å². The quantitative estimate of drug-likeness (QED) is 0.850. The van der Waals surface area contributed by atoms with Crippen LogP contribution in [0.25, 0.3) is 0 Å². The second-order valence-corrected chi connectivity index (χ2v) is 5.27. The molecule has 2 rings (SSSR count). The maximum atomic E-state index is 11.9. The van der Waals surface area contributed by atoms with E-state index in [1.807, 2.05) is 13.8 Å². The predicted molar refractivity (Wildman–Crippen MR) is 79.5 cm³/mol. The highest BCUT2D eigenvalue weighted by Crippen LogP contribution is 2.14. The molecule has 114 valence electrons. The molecule has 6 nitrogen and oxygen atoms in total. The number of aromatic nitrogens is 3. The van der Waals surface area contributed by atoms with Crippen LogP contribution in [0.15, 0.2) is 0 Å². The van der Waals surface area contributed by atoms with E-state index in [2.05, 4.69) is 20.1 Å². The van der Waals surface area contributed by atoms with E-state index in [0.717, 1.165) is 37.5 Å². The summed E-state index contributed by atoms with van der Waals surface area (Å²) in [6.07, 6.45) is 4.20. The van der Waals surface area contributed by atoms with Crippen molar-refractivity contribution in [2.75, 3.05) is 0 Å². The van der Waals surface area contributed by atoms with Crippen LogP contribution in [-0.2, 0) is 24.3 Å². The summed E-state index contributed by atoms with van der Waals surface area (Å²) in [5.41, 5.74) is 5.89. The van der Waals surface area contributed by atoms with Gasteiger partial charge in [-0.25, -0.2) is 0 Å². The van der Waals surface area contributed by atoms with E-state index in [1.54, 1.807) is 0 Å². The number of carbonyl (C=O) groups is 1. The first-order valence-corrected chi connectivity index (χ1v) is 7.07. The first-order valence-electron chi connectivity index (χ1n) is 7.07. The summed E-state index contributed by atoms with van der Waals surface area (Å²) in [6.45, 7) is 5.39. The number of nitrogens with zero attached hydrogens (tertiary/aromatic N) is 3. The fourth-order valence-electron chi connectivity index (χ4n) is 2.30. The molecule has 3 N–H and O–H groups in total. The number of rotatable bonds is 5. The Bertz CT molecular complexity index is 448. The number of fused-ring (bicyclic) bond motifs is 1. The van der Waals surface area contributed by atoms with Crippen molar-refractivity contribution >= 4 is 18.3 Å². The number of nitrogens with one attached hydrogen (secondary N) is 1. The number of amides is 1. The van der Waals surface area contributed by atoms with Gasteiger partial charge in [0, 0.05) is 13.0 Å². The van der Waals surface area contributed by atoms with Crippen molar-refractivity contribution in [2.24, 2.45) is 11.7 Å². The van der Waals surface area contributed by atoms with E-state index in [9.17, 15) is 4.79 Å². The second kappa shape index (κ2) is 7.59. The highest BCUT2D eigenvalue weighted by Gasteiger charge is 2.21. The van der Waals surface area contributed by atoms with Crippen molar-refractivity contribution in [3.63, 3.8) is 0 Å². The van der Waals surface area contributed by atoms with Crippen molar-refractivity contribution in [1.82, 2.24) is 20.1 Å². The molecule has 2 heterocycles. The molecule has 2 unspecified atom stereocenters. The number of hydrogen-bond acceptors (Lipinski definition) is 4. The zero-order chi connectivity index (χ0) is 13.8. The van der Waals surface area contributed by atoms with Gasteiger partial charge < -0.3 is 15.6 Å². The first-order chi connectivity index (χ1) is 9.13. The van der Waals surface area contributed by atoms with Gasteiger partial charge in [-0.1, -0.05) is 20.3 Å². The molecule has 0 aliphatic carbocycles. The minimum Gasteiger partial charge on any atom is -0.347 e. The van der Waals surface area contributed by atoms with Crippen molar-refractivity contribution in [2.45, 2.75) is 58.7 Å². The van der Waals surface area contributed by atoms with Crippen LogP contribution in [0.1, 0.15) is 44.8 Å². The highest BCUT2D eigenvalue weighted by atomic mass is 35.5. The van der Waals surface area contributed by atoms with E-state index >= 15 is 0 Å². The lowest BCUT2D eigenvalue weighted by molar-refractivity contribution is -0.123. The van der Waals surface area contributed by atoms with Crippen molar-refractivity contribution < 1.29 is 4.79 Å². The molecule has 0 saturated heterocycles. The Kier molecular flexibility index (Phi) is 6.42. The normalized spacial score (nSPS) is 16.8. The third-order valence-corrected chi connectivity index (χ3v) is 3.92. The largest absolute Gasteiger partial charge is 0.347 e. The molecule has 1 aliphatic rings. The third kappa shape index (κ3) is 3.70. The Morgan fingerprint density at radius 2 is 2.20 bits per heavy atom. The van der Waals surface area contributed by atoms with Crippen molar-refractivity contribution in [3.05, 3.63) is 11.6 Å². The fraction of sp³-hybridized carbons (Fsp3) is 0.769. The van der Waals surface area contributed by atoms with Crippen LogP contribution >= 0.6 is 12.4 Å². The standard InChI is InChI=1S/C13H23N5O.ClH/c1-3-9(2)12(14)13(19)15-8-11-17-16-10-6-4-5-7-18(10)11;/h9,12H,3-8,14H2,1-2H3,(H,15,19);1H. The van der Waals surface area contributed by atoms with Gasteiger partial charge in [0.1, 0.15) is 5.82 Å². The first kappa shape index (κ1) is 16.9. The maximum Gasteiger partial charge on any atom is 0.237 e. The van der Waals surface area contributed by atoms with Gasteiger partial charge in [-0.2, -0.15) is 0 Å². The minimum absolute atomic E-state index is 0. The fourth-order valence-corrected chi connectivity index (χ4v) is 2.30. The molecular formula is C13H24ClN5O. The van der Waals surface area contributed by atoms with E-state index in [4.69, 9.17) is 5.73 Å². The lowest BCUT2D eigenvalue weighted by Gasteiger charge is -2.18. The number of carbonyl (C=O) groups excluding carboxylic acids is 1. The highest BCUT2D eigenvalue weighted by molar-refractivity contribution is 5.85. The molecule has 7 heteroatoms. The van der Waals surface area contributed by atoms with Gasteiger partial charge in [0.2, 0.25) is 5.91 Å². The zero-order valence-electron chi connectivity index (χ0n) is 12.1. The number of hydrogen-bond donors (Lipinski definition) is 2. The SMILES string of the molecule is CCC(C)C(N)C(=O)NCc1nnc2n1CCCC2.Cl. The maximum absolute atomic E-state index is 11.9. The van der Waals surface area contributed by atoms with Gasteiger partial charge >= 0.3 is 0 Å². The predicted octanol–water partition coefficient (Wildman–Crippen LogP) is 1.03. The molecule has 0 saturated carbocycles. The minimum atomic E-state index is -0.450. The van der Waals surface area contributed by atoms with Crippen LogP contribution in [0.3, 0.4) is 0 Å². The third-order valence-electron chi connectivity index (χ3n) is 3.92. The Balaban J connectivity index is 0.00000200. The molecule has 1 amide bonds. The number of halogens is 1. The average molecular weight is 302 g/mol. The molecule has 1 aromatic heterocycles. The van der Waals surface area contributed by atoms with Gasteiger partial charge in [-0.3, -0.25) is 4.79 Å². The average Bonchev–Trinajstić information content (AvgIpc) is 2.86. The van der Waals surface area contributed by atoms with Gasteiger partial charge in [0.25, 0.3) is 0 Å². The van der Waals surface area contributed by atoms with Crippen molar-refractivity contribution in [1.29, 1.82) is 0 Å². The number of nitrogens with two attached hydrogens (primary N) is 1. The van der Waals surface area contributed by atoms with Crippen LogP contribution in [0.2, 0.25) is 0 Å². The van der Waals surface area contributed by atoms with Gasteiger partial charge in [0.05, 0.1) is 12.6 Å². The van der Waals surface area contributed by atoms with Crippen LogP contribution in [0.4, 0.5) is 0 Å². The van der Waals surface area contributed by atoms with E-state index in [1.165, 1.54) is 6.42 Å². The summed E-state index contributed by atoms with van der Waals surface area (Å²) in [5, 5.41) is 11.2. The van der Waals surface area contributed by atoms with Gasteiger partial charge in [0.15, 0.2) is 5.82 Å². The Morgan fingerprint density at radius 3 is 2.90 bits per heavy atom. The molecule has 1 aliphatic heterocycles. The molecule has 0 fully saturated rings. The molecular weight excluding hydrogens is 278 g/mol. The molecule has 2 atom stereocenters. The molecule has 0 radical (unpaired) electrons. The lowest BCUT2D eigenvalue weighted by Crippen LogP contribution is -2.44. The summed E-state index contributed by atoms with van der Waals surface area (Å²) < 4.78 is 2.11. The topological polar surface area (TPSA) is 85.8 Å². The Morgan fingerprint density at radius 1 is 1.45 bits per heavy atom. The Hall–Kier alpha value is -1.14. The van der Waals surface area contributed by atoms with Gasteiger partial charge in [-0.15, -0.1) is 22.6 Å². The monoisotopic (exact) mass is 301 g/mol. The van der Waals surface area contributed by atoms with E-state index < -0.39 is 6.04 Å². The van der Waals surface area contributed by atoms with E-state index in [0.29, 0.717) is 6.54 Å². The lowest BCUT2D eigenvalue weighted by atomic mass is 9.99. The summed E-state index contributed by atoms with van der Waals surface area (Å²) in [7, 11) is 0. The molecule has 20 heavy (non-hydrogen) atoms. The van der Waals surface area contributed by atoms with Crippen molar-refractivity contribution in [3.8, 4) is 0 Å². The smallest absolute Gasteiger partial charge is 0.237 e. The van der Waals surface area contributed by atoms with Crippen LogP contribution in [0.5, 0.6) is 0 Å². The molecule has 0 aromatic carbocycles. The number of aryl methyl sites for hydroxylation is 1. The zero-order valence-corrected chi connectivity index (χ0v) is 12.9. The molecule has 0 bridgehead atoms. The summed E-state index contributed by atoms with van der Waals surface area (Å²) >= 11 is 0. The van der Waals surface area contributed by atoms with Crippen LogP contribution in [-0.4, -0.2) is 26.7 Å². The Labute approximate surface area is 125 Å². The van der Waals surface area contributed by atoms with Gasteiger partial charge in [-0.05, 0) is 18.8 Å². The van der Waals surface area contributed by atoms with Crippen LogP contribution in [0, 0.1) is 5.92 Å². The summed E-state index contributed by atoms with van der Waals surface area (Å²) in [4.78, 5) is 11.9. The molecule has 1 aromatic rings. The second-order valence-electron chi connectivity index (χ2n) is 5.27. The molecule has 0 spiro atoms. The summed E-state index contributed by atoms with van der Waals surface area (Å²) in [5.74, 6) is 1.94.